The van der Waals surface area contributed by atoms with Gasteiger partial charge in [0.05, 0.1) is 0 Å². The molecular weight excluding hydrogens is 166 g/mol. The van der Waals surface area contributed by atoms with Crippen LogP contribution in [-0.2, 0) is 11.2 Å². The highest BCUT2D eigenvalue weighted by atomic mass is 16.3. The number of carbonyl (C=O) groups excluding carboxylic acids is 1. The zero-order valence-electron chi connectivity index (χ0n) is 11.2. The van der Waals surface area contributed by atoms with Gasteiger partial charge >= 0.3 is 0 Å². The molecule has 1 aromatic carbocycles. The van der Waals surface area contributed by atoms with Crippen molar-refractivity contribution in [3.05, 3.63) is 29.8 Å². The highest BCUT2D eigenvalue weighted by Crippen LogP contribution is 2.09. The number of rotatable bonds is 3. The quantitative estimate of drug-likeness (QED) is 0.736. The van der Waals surface area contributed by atoms with Crippen LogP contribution in [-0.4, -0.2) is 17.5 Å². The number of nitrogens with one attached hydrogen (secondary N) is 1. The van der Waals surface area contributed by atoms with Crippen LogP contribution in [0.5, 0.6) is 5.75 Å². The fraction of sp³-hybridized carbons (Fsp3) is 0.300. The summed E-state index contributed by atoms with van der Waals surface area (Å²) in [7, 11) is 0. The molecule has 1 amide bonds. The van der Waals surface area contributed by atoms with E-state index in [0.717, 1.165) is 6.92 Å². The zero-order valence-corrected chi connectivity index (χ0v) is 7.16. The van der Waals surface area contributed by atoms with E-state index in [9.17, 15) is 4.79 Å². The first-order valence-corrected chi connectivity index (χ1v) is 3.75. The molecule has 0 saturated carbocycles. The van der Waals surface area contributed by atoms with Crippen molar-refractivity contribution in [1.29, 1.82) is 0 Å². The maximum Gasteiger partial charge on any atom is 0.216 e. The minimum Gasteiger partial charge on any atom is -0.508 e. The number of phenols is 1. The van der Waals surface area contributed by atoms with Crippen LogP contribution in [0.3, 0.4) is 0 Å². The van der Waals surface area contributed by atoms with E-state index in [-0.39, 0.29) is 11.3 Å². The van der Waals surface area contributed by atoms with E-state index in [2.05, 4.69) is 0 Å². The SMILES string of the molecule is [2H]C([2H])(NC(C)=O)C([2H])([2H])c1ccc(O)cc1. The van der Waals surface area contributed by atoms with Crippen molar-refractivity contribution in [2.24, 2.45) is 0 Å². The van der Waals surface area contributed by atoms with Crippen LogP contribution in [0.15, 0.2) is 24.3 Å². The molecule has 1 rings (SSSR count). The molecule has 0 unspecified atom stereocenters. The molecule has 0 saturated heterocycles. The summed E-state index contributed by atoms with van der Waals surface area (Å²) in [5.41, 5.74) is 0.0362. The molecule has 0 spiro atoms. The van der Waals surface area contributed by atoms with E-state index >= 15 is 0 Å². The normalized spacial score (nSPS) is 16.4. The second-order valence-corrected chi connectivity index (χ2v) is 2.48. The summed E-state index contributed by atoms with van der Waals surface area (Å²) in [6.07, 6.45) is -2.40. The number of aromatic hydroxyl groups is 1. The largest absolute Gasteiger partial charge is 0.508 e. The third-order valence-electron chi connectivity index (χ3n) is 1.31. The van der Waals surface area contributed by atoms with Gasteiger partial charge in [-0.3, -0.25) is 4.79 Å². The highest BCUT2D eigenvalue weighted by Gasteiger charge is 1.94. The van der Waals surface area contributed by atoms with Crippen molar-refractivity contribution >= 4 is 5.91 Å². The van der Waals surface area contributed by atoms with Gasteiger partial charge in [-0.05, 0) is 24.1 Å². The molecule has 0 aromatic heterocycles. The minimum atomic E-state index is -2.53. The molecule has 1 aromatic rings. The molecule has 13 heavy (non-hydrogen) atoms. The first kappa shape index (κ1) is 5.27. The van der Waals surface area contributed by atoms with E-state index < -0.39 is 18.8 Å². The molecule has 0 heterocycles. The van der Waals surface area contributed by atoms with Crippen molar-refractivity contribution in [3.63, 3.8) is 0 Å². The molecule has 3 nitrogen and oxygen atoms in total. The van der Waals surface area contributed by atoms with Crippen LogP contribution in [0.25, 0.3) is 0 Å². The predicted molar refractivity (Wildman–Crippen MR) is 50.5 cm³/mol. The first-order valence-electron chi connectivity index (χ1n) is 5.75. The average molecular weight is 183 g/mol. The molecule has 2 N–H and O–H groups in total. The maximum absolute atomic E-state index is 10.8. The molecule has 0 aliphatic rings. The Labute approximate surface area is 83.0 Å². The molecule has 0 radical (unpaired) electrons. The summed E-state index contributed by atoms with van der Waals surface area (Å²) in [6, 6.07) is 5.07. The molecule has 0 aliphatic carbocycles. The van der Waals surface area contributed by atoms with Gasteiger partial charge in [-0.15, -0.1) is 0 Å². The summed E-state index contributed by atoms with van der Waals surface area (Å²) in [5, 5.41) is 11.0. The Morgan fingerprint density at radius 1 is 1.54 bits per heavy atom. The maximum atomic E-state index is 10.8. The Hall–Kier alpha value is -1.51. The van der Waals surface area contributed by atoms with E-state index in [1.165, 1.54) is 24.3 Å². The third-order valence-corrected chi connectivity index (χ3v) is 1.31. The second-order valence-electron chi connectivity index (χ2n) is 2.48. The standard InChI is InChI=1S/C10H13NO2/c1-8(12)11-7-6-9-2-4-10(13)5-3-9/h2-5,13H,6-7H2,1H3,(H,11,12)/i6D2,7D2. The van der Waals surface area contributed by atoms with Crippen LogP contribution in [0.1, 0.15) is 18.0 Å². The van der Waals surface area contributed by atoms with Crippen molar-refractivity contribution < 1.29 is 15.4 Å². The summed E-state index contributed by atoms with van der Waals surface area (Å²) in [6.45, 7) is -1.42. The summed E-state index contributed by atoms with van der Waals surface area (Å²) in [4.78, 5) is 10.8. The van der Waals surface area contributed by atoms with E-state index in [4.69, 9.17) is 10.6 Å². The summed E-state index contributed by atoms with van der Waals surface area (Å²) in [5.74, 6) is -0.692. The fourth-order valence-corrected chi connectivity index (χ4v) is 0.736. The number of aryl methyl sites for hydroxylation is 1. The Balaban J connectivity index is 3.08. The average Bonchev–Trinajstić information content (AvgIpc) is 2.16. The van der Waals surface area contributed by atoms with Gasteiger partial charge in [0.25, 0.3) is 0 Å². The number of phenolic OH excluding ortho intramolecular Hbond substituents is 1. The van der Waals surface area contributed by atoms with Gasteiger partial charge in [0.1, 0.15) is 5.75 Å². The monoisotopic (exact) mass is 183 g/mol. The third kappa shape index (κ3) is 3.60. The lowest BCUT2D eigenvalue weighted by Crippen LogP contribution is -2.22. The van der Waals surface area contributed by atoms with Crippen LogP contribution < -0.4 is 5.32 Å². The lowest BCUT2D eigenvalue weighted by molar-refractivity contribution is -0.118. The summed E-state index contributed by atoms with van der Waals surface area (Å²) < 4.78 is 30.6. The molecule has 0 atom stereocenters. The summed E-state index contributed by atoms with van der Waals surface area (Å²) >= 11 is 0. The first-order chi connectivity index (χ1) is 7.67. The number of hydrogen-bond acceptors (Lipinski definition) is 2. The van der Waals surface area contributed by atoms with Crippen LogP contribution in [0, 0.1) is 0 Å². The highest BCUT2D eigenvalue weighted by molar-refractivity contribution is 5.72. The Bertz CT molecular complexity index is 417. The molecule has 3 heteroatoms. The smallest absolute Gasteiger partial charge is 0.216 e. The lowest BCUT2D eigenvalue weighted by atomic mass is 10.1. The van der Waals surface area contributed by atoms with E-state index in [1.807, 2.05) is 5.32 Å². The Kier molecular flexibility index (Phi) is 1.82. The minimum absolute atomic E-state index is 0.0362. The van der Waals surface area contributed by atoms with Crippen molar-refractivity contribution in [2.75, 3.05) is 6.50 Å². The van der Waals surface area contributed by atoms with Crippen LogP contribution in [0.2, 0.25) is 0 Å². The van der Waals surface area contributed by atoms with Crippen LogP contribution >= 0.6 is 0 Å². The van der Waals surface area contributed by atoms with Gasteiger partial charge in [0.15, 0.2) is 0 Å². The second kappa shape index (κ2) is 4.50. The number of carbonyl (C=O) groups is 1. The van der Waals surface area contributed by atoms with Crippen molar-refractivity contribution in [2.45, 2.75) is 13.3 Å². The van der Waals surface area contributed by atoms with Crippen molar-refractivity contribution in [3.8, 4) is 5.75 Å². The Morgan fingerprint density at radius 2 is 2.15 bits per heavy atom. The van der Waals surface area contributed by atoms with Gasteiger partial charge < -0.3 is 10.4 Å². The Morgan fingerprint density at radius 3 is 2.69 bits per heavy atom. The number of hydrogen-bond donors (Lipinski definition) is 2. The zero-order chi connectivity index (χ0) is 13.3. The predicted octanol–water partition coefficient (Wildman–Crippen LogP) is 1.07. The van der Waals surface area contributed by atoms with Gasteiger partial charge in [-0.25, -0.2) is 0 Å². The molecule has 0 aliphatic heterocycles. The number of benzene rings is 1. The van der Waals surface area contributed by atoms with Gasteiger partial charge in [0.2, 0.25) is 5.91 Å². The van der Waals surface area contributed by atoms with E-state index in [1.54, 1.807) is 0 Å². The topological polar surface area (TPSA) is 49.3 Å². The van der Waals surface area contributed by atoms with Gasteiger partial charge in [0, 0.05) is 18.9 Å². The molecule has 0 fully saturated rings. The lowest BCUT2D eigenvalue weighted by Gasteiger charge is -2.02. The number of amides is 1. The molecule has 70 valence electrons. The molecular formula is C10H13NO2. The van der Waals surface area contributed by atoms with Gasteiger partial charge in [-0.2, -0.15) is 0 Å². The fourth-order valence-electron chi connectivity index (χ4n) is 0.736. The van der Waals surface area contributed by atoms with E-state index in [0.29, 0.717) is 0 Å². The molecule has 0 bridgehead atoms. The van der Waals surface area contributed by atoms with Crippen molar-refractivity contribution in [1.82, 2.24) is 5.32 Å². The van der Waals surface area contributed by atoms with Crippen LogP contribution in [0.4, 0.5) is 0 Å². The van der Waals surface area contributed by atoms with Gasteiger partial charge in [-0.1, -0.05) is 12.1 Å².